The molecule has 0 aromatic heterocycles. The van der Waals surface area contributed by atoms with Crippen LogP contribution in [-0.4, -0.2) is 51.1 Å². The summed E-state index contributed by atoms with van der Waals surface area (Å²) in [5.41, 5.74) is -12.2. The van der Waals surface area contributed by atoms with E-state index in [1.54, 1.807) is 0 Å². The van der Waals surface area contributed by atoms with Crippen molar-refractivity contribution in [3.63, 3.8) is 0 Å². The number of carboxylic acids is 6. The zero-order valence-electron chi connectivity index (χ0n) is 14.6. The minimum Gasteiger partial charge on any atom is -0.549 e. The fraction of sp³-hybridized carbons (Fsp3) is 0.500. The molecule has 0 amide bonds. The summed E-state index contributed by atoms with van der Waals surface area (Å²) in [5, 5.41) is 62.1. The molecule has 0 saturated heterocycles. The van der Waals surface area contributed by atoms with E-state index in [4.69, 9.17) is 0 Å². The maximum absolute atomic E-state index is 11.6. The minimum absolute atomic E-state index is 0. The van der Waals surface area contributed by atoms with E-state index in [-0.39, 0.29) is 88.7 Å². The molecule has 1 aliphatic rings. The topological polar surface area (TPSA) is 232 Å². The molecule has 3 N–H and O–H groups in total. The molecule has 15 heteroatoms. The molecular formula is C12H9Na3O12. The van der Waals surface area contributed by atoms with Gasteiger partial charge in [0.05, 0.1) is 23.3 Å². The van der Waals surface area contributed by atoms with E-state index in [1.165, 1.54) is 0 Å². The number of rotatable bonds is 6. The predicted octanol–water partition coefficient (Wildman–Crippen LogP) is -14.4. The van der Waals surface area contributed by atoms with E-state index in [9.17, 15) is 59.4 Å². The van der Waals surface area contributed by atoms with Gasteiger partial charge in [0.15, 0.2) is 5.41 Å². The summed E-state index contributed by atoms with van der Waals surface area (Å²) < 4.78 is 0. The van der Waals surface area contributed by atoms with Gasteiger partial charge in [-0.1, -0.05) is 6.42 Å². The number of carbonyl (C=O) groups excluding carboxylic acids is 3. The SMILES string of the molecule is O=C([O-])C1(C(=O)[O-])CCCC(C(=O)O)(C(=O)O)C1(C(=O)[O-])C(=O)O.[Na+].[Na+].[Na+]. The molecule has 12 nitrogen and oxygen atoms in total. The normalized spacial score (nSPS) is 21.8. The molecule has 0 aliphatic heterocycles. The number of aliphatic carboxylic acids is 6. The van der Waals surface area contributed by atoms with Crippen LogP contribution in [0.15, 0.2) is 0 Å². The molecule has 1 rings (SSSR count). The van der Waals surface area contributed by atoms with Crippen LogP contribution in [0.25, 0.3) is 0 Å². The van der Waals surface area contributed by atoms with Gasteiger partial charge in [-0.05, 0) is 12.8 Å². The van der Waals surface area contributed by atoms with Crippen molar-refractivity contribution in [2.24, 2.45) is 16.2 Å². The van der Waals surface area contributed by atoms with E-state index in [1.807, 2.05) is 0 Å². The third-order valence-corrected chi connectivity index (χ3v) is 4.44. The van der Waals surface area contributed by atoms with Crippen molar-refractivity contribution in [3.05, 3.63) is 0 Å². The Hall–Kier alpha value is -0.180. The average Bonchev–Trinajstić information content (AvgIpc) is 2.43. The van der Waals surface area contributed by atoms with Crippen LogP contribution in [0.5, 0.6) is 0 Å². The Labute approximate surface area is 217 Å². The summed E-state index contributed by atoms with van der Waals surface area (Å²) in [6.07, 6.45) is -3.15. The Kier molecular flexibility index (Phi) is 12.3. The Morgan fingerprint density at radius 2 is 0.926 bits per heavy atom. The van der Waals surface area contributed by atoms with Gasteiger partial charge < -0.3 is 45.0 Å². The van der Waals surface area contributed by atoms with Crippen LogP contribution >= 0.6 is 0 Å². The van der Waals surface area contributed by atoms with Gasteiger partial charge in [-0.15, -0.1) is 0 Å². The Morgan fingerprint density at radius 1 is 0.593 bits per heavy atom. The van der Waals surface area contributed by atoms with Gasteiger partial charge in [0, 0.05) is 0 Å². The Balaban J connectivity index is -0.00000192. The number of hydrogen-bond acceptors (Lipinski definition) is 9. The largest absolute Gasteiger partial charge is 1.00 e. The van der Waals surface area contributed by atoms with E-state index in [0.717, 1.165) is 0 Å². The monoisotopic (exact) mass is 414 g/mol. The van der Waals surface area contributed by atoms with Crippen molar-refractivity contribution >= 4 is 35.8 Å². The summed E-state index contributed by atoms with van der Waals surface area (Å²) in [7, 11) is 0. The minimum atomic E-state index is -4.41. The summed E-state index contributed by atoms with van der Waals surface area (Å²) in [6, 6.07) is 0. The van der Waals surface area contributed by atoms with Gasteiger partial charge in [-0.2, -0.15) is 0 Å². The average molecular weight is 414 g/mol. The molecule has 1 fully saturated rings. The zero-order chi connectivity index (χ0) is 19.1. The van der Waals surface area contributed by atoms with E-state index >= 15 is 0 Å². The van der Waals surface area contributed by atoms with Crippen LogP contribution in [0.4, 0.5) is 0 Å². The van der Waals surface area contributed by atoms with Crippen molar-refractivity contribution in [2.45, 2.75) is 19.3 Å². The van der Waals surface area contributed by atoms with E-state index in [0.29, 0.717) is 0 Å². The van der Waals surface area contributed by atoms with E-state index in [2.05, 4.69) is 0 Å². The molecule has 1 unspecified atom stereocenters. The first-order valence-corrected chi connectivity index (χ1v) is 6.22. The van der Waals surface area contributed by atoms with Crippen LogP contribution in [0.3, 0.4) is 0 Å². The van der Waals surface area contributed by atoms with Crippen molar-refractivity contribution < 1.29 is 148 Å². The van der Waals surface area contributed by atoms with Gasteiger partial charge in [0.1, 0.15) is 5.41 Å². The molecule has 27 heavy (non-hydrogen) atoms. The van der Waals surface area contributed by atoms with Gasteiger partial charge in [-0.3, -0.25) is 14.4 Å². The van der Waals surface area contributed by atoms with Crippen molar-refractivity contribution in [1.82, 2.24) is 0 Å². The molecule has 0 heterocycles. The molecular weight excluding hydrogens is 405 g/mol. The van der Waals surface area contributed by atoms with E-state index < -0.39 is 71.3 Å². The second kappa shape index (κ2) is 10.6. The predicted molar refractivity (Wildman–Crippen MR) is 59.1 cm³/mol. The number of hydrogen-bond donors (Lipinski definition) is 3. The second-order valence-electron chi connectivity index (χ2n) is 5.19. The van der Waals surface area contributed by atoms with Gasteiger partial charge in [0.25, 0.3) is 0 Å². The first-order chi connectivity index (χ1) is 10.9. The number of carboxylic acid groups (broad SMARTS) is 6. The molecule has 0 aromatic carbocycles. The Morgan fingerprint density at radius 3 is 1.15 bits per heavy atom. The summed E-state index contributed by atoms with van der Waals surface area (Å²) in [4.78, 5) is 69.0. The third-order valence-electron chi connectivity index (χ3n) is 4.44. The fourth-order valence-electron chi connectivity index (χ4n) is 3.38. The van der Waals surface area contributed by atoms with Crippen LogP contribution in [0, 0.1) is 16.2 Å². The quantitative estimate of drug-likeness (QED) is 0.271. The summed E-state index contributed by atoms with van der Waals surface area (Å²) in [5.74, 6) is -16.5. The smallest absolute Gasteiger partial charge is 0.549 e. The van der Waals surface area contributed by atoms with Crippen molar-refractivity contribution in [3.8, 4) is 0 Å². The number of carbonyl (C=O) groups is 6. The summed E-state index contributed by atoms with van der Waals surface area (Å²) >= 11 is 0. The maximum atomic E-state index is 11.6. The Bertz CT molecular complexity index is 589. The molecule has 1 aliphatic carbocycles. The van der Waals surface area contributed by atoms with Crippen LogP contribution in [-0.2, 0) is 28.8 Å². The standard InChI is InChI=1S/C12H12O12.3Na/c13-4(14)10(5(15)16)2-1-3-11(6(17)18,7(19)20)12(10,8(21)22)9(23)24;;;/h1-3H2,(H,13,14)(H,15,16)(H,17,18)(H,19,20)(H,21,22)(H,23,24);;;/q;3*+1/p-3. The maximum Gasteiger partial charge on any atom is 1.00 e. The fourth-order valence-corrected chi connectivity index (χ4v) is 3.38. The zero-order valence-corrected chi connectivity index (χ0v) is 20.6. The molecule has 132 valence electrons. The summed E-state index contributed by atoms with van der Waals surface area (Å²) in [6.45, 7) is 0. The first-order valence-electron chi connectivity index (χ1n) is 6.22. The first kappa shape index (κ1) is 31.5. The van der Waals surface area contributed by atoms with Crippen LogP contribution in [0.2, 0.25) is 0 Å². The van der Waals surface area contributed by atoms with Gasteiger partial charge in [0.2, 0.25) is 0 Å². The third kappa shape index (κ3) is 3.83. The van der Waals surface area contributed by atoms with Gasteiger partial charge >= 0.3 is 107 Å². The van der Waals surface area contributed by atoms with Gasteiger partial charge in [-0.25, -0.2) is 0 Å². The van der Waals surface area contributed by atoms with Crippen molar-refractivity contribution in [2.75, 3.05) is 0 Å². The van der Waals surface area contributed by atoms with Crippen LogP contribution in [0.1, 0.15) is 19.3 Å². The molecule has 0 spiro atoms. The molecule has 1 saturated carbocycles. The molecule has 0 aromatic rings. The second-order valence-corrected chi connectivity index (χ2v) is 5.19. The van der Waals surface area contributed by atoms with Crippen molar-refractivity contribution in [1.29, 1.82) is 0 Å². The van der Waals surface area contributed by atoms with Crippen LogP contribution < -0.4 is 104 Å². The molecule has 1 atom stereocenters. The molecule has 0 bridgehead atoms. The molecule has 0 radical (unpaired) electrons.